The molecular weight excluding hydrogens is 334 g/mol. The van der Waals surface area contributed by atoms with Crippen molar-refractivity contribution in [1.82, 2.24) is 0 Å². The maximum atomic E-state index is 12.1. The first-order valence-corrected chi connectivity index (χ1v) is 8.68. The number of carbonyl (C=O) groups is 2. The summed E-state index contributed by atoms with van der Waals surface area (Å²) in [5.74, 6) is -0.227. The van der Waals surface area contributed by atoms with Gasteiger partial charge in [-0.2, -0.15) is 0 Å². The van der Waals surface area contributed by atoms with Crippen LogP contribution in [0.4, 0.5) is 5.69 Å². The monoisotopic (exact) mass is 359 g/mol. The lowest BCUT2D eigenvalue weighted by Gasteiger charge is -2.24. The van der Waals surface area contributed by atoms with E-state index in [2.05, 4.69) is 25.3 Å². The van der Waals surface area contributed by atoms with Crippen LogP contribution in [0, 0.1) is 0 Å². The highest BCUT2D eigenvalue weighted by Gasteiger charge is 2.19. The van der Waals surface area contributed by atoms with Gasteiger partial charge in [0.25, 0.3) is 0 Å². The van der Waals surface area contributed by atoms with Gasteiger partial charge in [0, 0.05) is 36.0 Å². The minimum atomic E-state index is -0.501. The molecule has 0 amide bonds. The maximum absolute atomic E-state index is 12.1. The van der Waals surface area contributed by atoms with Crippen LogP contribution in [0.25, 0.3) is 6.08 Å². The smallest absolute Gasteiger partial charge is 0.337 e. The second-order valence-electron chi connectivity index (χ2n) is 5.90. The predicted molar refractivity (Wildman–Crippen MR) is 100 cm³/mol. The topological polar surface area (TPSA) is 65.1 Å². The average molecular weight is 359 g/mol. The van der Waals surface area contributed by atoms with E-state index in [1.54, 1.807) is 13.0 Å². The number of hydrogen-bond acceptors (Lipinski definition) is 6. The lowest BCUT2D eigenvalue weighted by atomic mass is 10.1. The van der Waals surface area contributed by atoms with E-state index >= 15 is 0 Å². The van der Waals surface area contributed by atoms with Crippen molar-refractivity contribution in [3.63, 3.8) is 0 Å². The van der Waals surface area contributed by atoms with Gasteiger partial charge in [-0.25, -0.2) is 9.59 Å². The molecule has 0 spiro atoms. The lowest BCUT2D eigenvalue weighted by Crippen LogP contribution is -2.22. The van der Waals surface area contributed by atoms with Gasteiger partial charge < -0.3 is 19.1 Å². The molecule has 1 aliphatic heterocycles. The first-order valence-electron chi connectivity index (χ1n) is 8.68. The molecule has 0 bridgehead atoms. The Balaban J connectivity index is 1.95. The van der Waals surface area contributed by atoms with Crippen LogP contribution in [0.15, 0.2) is 35.9 Å². The van der Waals surface area contributed by atoms with Crippen molar-refractivity contribution in [3.05, 3.63) is 41.5 Å². The summed E-state index contributed by atoms with van der Waals surface area (Å²) in [7, 11) is 0. The number of benzene rings is 1. The Hall–Kier alpha value is -2.76. The van der Waals surface area contributed by atoms with Crippen LogP contribution in [0.2, 0.25) is 0 Å². The number of fused-ring (bicyclic) bond motifs is 1. The van der Waals surface area contributed by atoms with Gasteiger partial charge in [-0.15, -0.1) is 0 Å². The Morgan fingerprint density at radius 1 is 1.19 bits per heavy atom. The number of nitrogens with zero attached hydrogens (tertiary/aromatic N) is 1. The van der Waals surface area contributed by atoms with Crippen LogP contribution >= 0.6 is 0 Å². The number of hydrogen-bond donors (Lipinski definition) is 0. The van der Waals surface area contributed by atoms with E-state index < -0.39 is 11.9 Å². The molecule has 1 aromatic carbocycles. The molecule has 0 fully saturated rings. The molecule has 140 valence electrons. The summed E-state index contributed by atoms with van der Waals surface area (Å²) >= 11 is 0. The zero-order valence-corrected chi connectivity index (χ0v) is 15.5. The van der Waals surface area contributed by atoms with E-state index in [9.17, 15) is 9.59 Å². The minimum Gasteiger partial charge on any atom is -0.488 e. The Labute approximate surface area is 154 Å². The number of rotatable bonds is 8. The molecule has 26 heavy (non-hydrogen) atoms. The standard InChI is InChI=1S/C20H25NO5/c1-5-21(6-2)17-8-7-15-11-16(13-26-18(15)12-17)20(23)25-10-9-24-19(22)14(3)4/h7-8,11-12H,3,5-6,9-10,13H2,1-2,4H3. The zero-order valence-electron chi connectivity index (χ0n) is 15.5. The van der Waals surface area contributed by atoms with E-state index in [1.807, 2.05) is 18.2 Å². The van der Waals surface area contributed by atoms with Crippen molar-refractivity contribution in [2.75, 3.05) is 37.8 Å². The van der Waals surface area contributed by atoms with E-state index in [1.165, 1.54) is 0 Å². The second-order valence-corrected chi connectivity index (χ2v) is 5.90. The Morgan fingerprint density at radius 2 is 1.88 bits per heavy atom. The summed E-state index contributed by atoms with van der Waals surface area (Å²) in [5, 5.41) is 0. The molecule has 0 N–H and O–H groups in total. The molecular formula is C20H25NO5. The summed E-state index contributed by atoms with van der Waals surface area (Å²) in [6.07, 6.45) is 1.77. The minimum absolute atomic E-state index is 0.00458. The fourth-order valence-corrected chi connectivity index (χ4v) is 2.54. The van der Waals surface area contributed by atoms with Crippen LogP contribution < -0.4 is 9.64 Å². The average Bonchev–Trinajstić information content (AvgIpc) is 2.65. The van der Waals surface area contributed by atoms with Gasteiger partial charge in [-0.3, -0.25) is 0 Å². The molecule has 1 aliphatic rings. The van der Waals surface area contributed by atoms with Crippen molar-refractivity contribution in [1.29, 1.82) is 0 Å². The highest BCUT2D eigenvalue weighted by Crippen LogP contribution is 2.31. The van der Waals surface area contributed by atoms with Crippen molar-refractivity contribution < 1.29 is 23.8 Å². The van der Waals surface area contributed by atoms with Crippen molar-refractivity contribution in [3.8, 4) is 5.75 Å². The fourth-order valence-electron chi connectivity index (χ4n) is 2.54. The highest BCUT2D eigenvalue weighted by molar-refractivity contribution is 5.95. The lowest BCUT2D eigenvalue weighted by molar-refractivity contribution is -0.147. The van der Waals surface area contributed by atoms with Gasteiger partial charge in [0.15, 0.2) is 0 Å². The molecule has 1 aromatic rings. The van der Waals surface area contributed by atoms with Crippen molar-refractivity contribution >= 4 is 23.7 Å². The summed E-state index contributed by atoms with van der Waals surface area (Å²) in [5.41, 5.74) is 2.67. The molecule has 0 aliphatic carbocycles. The van der Waals surface area contributed by atoms with Gasteiger partial charge in [0.2, 0.25) is 0 Å². The molecule has 0 radical (unpaired) electrons. The van der Waals surface area contributed by atoms with Crippen LogP contribution in [-0.4, -0.2) is 44.8 Å². The second kappa shape index (κ2) is 9.08. The highest BCUT2D eigenvalue weighted by atomic mass is 16.6. The Kier molecular flexibility index (Phi) is 6.83. The number of carbonyl (C=O) groups excluding carboxylic acids is 2. The summed E-state index contributed by atoms with van der Waals surface area (Å²) in [4.78, 5) is 25.6. The summed E-state index contributed by atoms with van der Waals surface area (Å²) in [6, 6.07) is 5.93. The molecule has 2 rings (SSSR count). The third kappa shape index (κ3) is 4.88. The van der Waals surface area contributed by atoms with Crippen LogP contribution in [0.5, 0.6) is 5.75 Å². The van der Waals surface area contributed by atoms with Crippen molar-refractivity contribution in [2.45, 2.75) is 20.8 Å². The van der Waals surface area contributed by atoms with E-state index in [-0.39, 0.29) is 19.8 Å². The largest absolute Gasteiger partial charge is 0.488 e. The third-order valence-corrected chi connectivity index (χ3v) is 4.00. The van der Waals surface area contributed by atoms with Crippen LogP contribution in [0.3, 0.4) is 0 Å². The number of anilines is 1. The van der Waals surface area contributed by atoms with Crippen molar-refractivity contribution in [2.24, 2.45) is 0 Å². The molecule has 0 saturated carbocycles. The molecule has 0 atom stereocenters. The first kappa shape index (κ1) is 19.6. The third-order valence-electron chi connectivity index (χ3n) is 4.00. The predicted octanol–water partition coefficient (Wildman–Crippen LogP) is 2.97. The molecule has 6 nitrogen and oxygen atoms in total. The first-order chi connectivity index (χ1) is 12.5. The molecule has 0 saturated heterocycles. The molecule has 1 heterocycles. The van der Waals surface area contributed by atoms with Crippen LogP contribution in [0.1, 0.15) is 26.3 Å². The fraction of sp³-hybridized carbons (Fsp3) is 0.400. The molecule has 6 heteroatoms. The van der Waals surface area contributed by atoms with Gasteiger partial charge >= 0.3 is 11.9 Å². The van der Waals surface area contributed by atoms with Gasteiger partial charge in [0.05, 0.1) is 5.57 Å². The number of esters is 2. The van der Waals surface area contributed by atoms with Gasteiger partial charge in [-0.1, -0.05) is 6.58 Å². The Morgan fingerprint density at radius 3 is 2.54 bits per heavy atom. The normalized spacial score (nSPS) is 12.3. The quantitative estimate of drug-likeness (QED) is 0.404. The van der Waals surface area contributed by atoms with E-state index in [4.69, 9.17) is 14.2 Å². The SMILES string of the molecule is C=C(C)C(=O)OCCOC(=O)C1=Cc2ccc(N(CC)CC)cc2OC1. The maximum Gasteiger partial charge on any atom is 0.337 e. The Bertz CT molecular complexity index is 719. The van der Waals surface area contributed by atoms with Gasteiger partial charge in [0.1, 0.15) is 25.6 Å². The van der Waals surface area contributed by atoms with Gasteiger partial charge in [-0.05, 0) is 39.0 Å². The van der Waals surface area contributed by atoms with Crippen LogP contribution in [-0.2, 0) is 19.1 Å². The number of ether oxygens (including phenoxy) is 3. The molecule has 0 aromatic heterocycles. The summed E-state index contributed by atoms with van der Waals surface area (Å²) in [6.45, 7) is 11.2. The summed E-state index contributed by atoms with van der Waals surface area (Å²) < 4.78 is 15.7. The zero-order chi connectivity index (χ0) is 19.1. The molecule has 0 unspecified atom stereocenters. The van der Waals surface area contributed by atoms with E-state index in [0.29, 0.717) is 11.1 Å². The van der Waals surface area contributed by atoms with E-state index in [0.717, 1.165) is 30.1 Å².